The third-order valence-electron chi connectivity index (χ3n) is 5.35. The molecule has 3 heterocycles. The Kier molecular flexibility index (Phi) is 7.40. The number of carbonyl (C=O) groups excluding carboxylic acids is 1. The quantitative estimate of drug-likeness (QED) is 0.164. The van der Waals surface area contributed by atoms with E-state index in [4.69, 9.17) is 0 Å². The molecule has 0 atom stereocenters. The Morgan fingerprint density at radius 1 is 1.14 bits per heavy atom. The zero-order valence-electron chi connectivity index (χ0n) is 19.2. The summed E-state index contributed by atoms with van der Waals surface area (Å²) in [5.41, 5.74) is 3.84. The van der Waals surface area contributed by atoms with Crippen LogP contribution in [0.3, 0.4) is 0 Å². The number of allylic oxidation sites excluding steroid dienone is 1. The van der Waals surface area contributed by atoms with Gasteiger partial charge in [-0.15, -0.1) is 16.8 Å². The van der Waals surface area contributed by atoms with E-state index < -0.39 is 6.61 Å². The molecule has 0 aliphatic carbocycles. The van der Waals surface area contributed by atoms with Gasteiger partial charge in [-0.25, -0.2) is 0 Å². The molecule has 180 valence electrons. The first-order chi connectivity index (χ1) is 16.9. The Hall–Kier alpha value is -3.79. The highest BCUT2D eigenvalue weighted by molar-refractivity contribution is 7.99. The third kappa shape index (κ3) is 5.32. The number of halogens is 2. The molecule has 7 nitrogen and oxygen atoms in total. The number of alkyl halides is 2. The van der Waals surface area contributed by atoms with Crippen molar-refractivity contribution in [3.8, 4) is 22.8 Å². The molecule has 0 spiro atoms. The van der Waals surface area contributed by atoms with Crippen molar-refractivity contribution in [1.82, 2.24) is 24.3 Å². The van der Waals surface area contributed by atoms with Crippen LogP contribution >= 0.6 is 11.8 Å². The first kappa shape index (κ1) is 24.3. The van der Waals surface area contributed by atoms with Crippen LogP contribution in [0.1, 0.15) is 21.7 Å². The molecule has 1 aromatic carbocycles. The minimum atomic E-state index is -2.88. The Balaban J connectivity index is 1.53. The molecule has 0 aliphatic rings. The van der Waals surface area contributed by atoms with Gasteiger partial charge in [-0.3, -0.25) is 14.3 Å². The van der Waals surface area contributed by atoms with Crippen molar-refractivity contribution < 1.29 is 18.3 Å². The van der Waals surface area contributed by atoms with Gasteiger partial charge in [0.1, 0.15) is 5.75 Å². The van der Waals surface area contributed by atoms with E-state index in [1.807, 2.05) is 41.2 Å². The summed E-state index contributed by atoms with van der Waals surface area (Å²) in [6.07, 6.45) is 5.13. The largest absolute Gasteiger partial charge is 0.435 e. The molecule has 0 fully saturated rings. The summed E-state index contributed by atoms with van der Waals surface area (Å²) in [5.74, 6) is 0.885. The van der Waals surface area contributed by atoms with E-state index in [2.05, 4.69) is 26.5 Å². The molecule has 35 heavy (non-hydrogen) atoms. The molecular weight excluding hydrogens is 472 g/mol. The number of aryl methyl sites for hydroxylation is 1. The average molecular weight is 496 g/mol. The third-order valence-corrected chi connectivity index (χ3v) is 6.32. The predicted octanol–water partition coefficient (Wildman–Crippen LogP) is 5.51. The van der Waals surface area contributed by atoms with E-state index >= 15 is 0 Å². The number of carbonyl (C=O) groups is 1. The number of thioether (sulfide) groups is 1. The molecule has 0 unspecified atom stereocenters. The normalized spacial score (nSPS) is 11.1. The van der Waals surface area contributed by atoms with Crippen molar-refractivity contribution in [2.45, 2.75) is 32.2 Å². The second-order valence-electron chi connectivity index (χ2n) is 7.65. The highest BCUT2D eigenvalue weighted by atomic mass is 32.2. The Morgan fingerprint density at radius 2 is 1.86 bits per heavy atom. The van der Waals surface area contributed by atoms with E-state index in [-0.39, 0.29) is 17.3 Å². The van der Waals surface area contributed by atoms with E-state index in [9.17, 15) is 13.6 Å². The minimum Gasteiger partial charge on any atom is -0.435 e. The van der Waals surface area contributed by atoms with E-state index in [0.29, 0.717) is 23.1 Å². The molecule has 0 saturated carbocycles. The summed E-state index contributed by atoms with van der Waals surface area (Å²) in [6.45, 7) is 5.18. The van der Waals surface area contributed by atoms with Gasteiger partial charge in [-0.1, -0.05) is 17.8 Å². The molecule has 0 bridgehead atoms. The van der Waals surface area contributed by atoms with Crippen molar-refractivity contribution in [2.75, 3.05) is 5.75 Å². The van der Waals surface area contributed by atoms with Crippen molar-refractivity contribution in [1.29, 1.82) is 0 Å². The zero-order valence-corrected chi connectivity index (χ0v) is 20.0. The lowest BCUT2D eigenvalue weighted by molar-refractivity contribution is -0.0498. The molecule has 4 aromatic rings. The van der Waals surface area contributed by atoms with Crippen LogP contribution in [0.25, 0.3) is 17.1 Å². The predicted molar refractivity (Wildman–Crippen MR) is 130 cm³/mol. The van der Waals surface area contributed by atoms with E-state index in [1.165, 1.54) is 23.9 Å². The summed E-state index contributed by atoms with van der Waals surface area (Å²) < 4.78 is 33.1. The van der Waals surface area contributed by atoms with Crippen LogP contribution in [-0.2, 0) is 6.54 Å². The monoisotopic (exact) mass is 495 g/mol. The Labute approximate surface area is 205 Å². The summed E-state index contributed by atoms with van der Waals surface area (Å²) in [7, 11) is 0. The lowest BCUT2D eigenvalue weighted by Gasteiger charge is -2.11. The Bertz CT molecular complexity index is 1330. The van der Waals surface area contributed by atoms with Gasteiger partial charge in [-0.05, 0) is 56.3 Å². The van der Waals surface area contributed by atoms with Gasteiger partial charge in [0, 0.05) is 47.1 Å². The molecule has 4 rings (SSSR count). The molecular formula is C25H23F2N5O2S. The summed E-state index contributed by atoms with van der Waals surface area (Å²) in [6, 6.07) is 11.8. The number of nitrogens with zero attached hydrogens (tertiary/aromatic N) is 5. The standard InChI is InChI=1S/C25H23F2N5O2S/c1-4-13-31-23(18-9-11-28-12-10-18)29-30-25(31)35-15-22(33)21-14-16(2)32(17(21)3)19-5-7-20(8-6-19)34-24(26)27/h4-12,14,24H,1,13,15H2,2-3H3. The molecule has 0 N–H and O–H groups in total. The van der Waals surface area contributed by atoms with Crippen molar-refractivity contribution in [3.63, 3.8) is 0 Å². The highest BCUT2D eigenvalue weighted by Crippen LogP contribution is 2.27. The first-order valence-corrected chi connectivity index (χ1v) is 11.7. The Morgan fingerprint density at radius 3 is 2.51 bits per heavy atom. The van der Waals surface area contributed by atoms with Crippen molar-refractivity contribution in [3.05, 3.63) is 84.5 Å². The number of aromatic nitrogens is 5. The van der Waals surface area contributed by atoms with Gasteiger partial charge in [-0.2, -0.15) is 8.78 Å². The van der Waals surface area contributed by atoms with Crippen molar-refractivity contribution in [2.24, 2.45) is 0 Å². The molecule has 0 saturated heterocycles. The van der Waals surface area contributed by atoms with Crippen LogP contribution in [0.15, 0.2) is 72.7 Å². The maximum absolute atomic E-state index is 13.1. The lowest BCUT2D eigenvalue weighted by atomic mass is 10.2. The van der Waals surface area contributed by atoms with Crippen LogP contribution in [0, 0.1) is 13.8 Å². The van der Waals surface area contributed by atoms with Crippen LogP contribution < -0.4 is 4.74 Å². The number of benzene rings is 1. The molecule has 0 aliphatic heterocycles. The maximum Gasteiger partial charge on any atom is 0.387 e. The van der Waals surface area contributed by atoms with Crippen LogP contribution in [-0.4, -0.2) is 42.5 Å². The minimum absolute atomic E-state index is 0.0504. The van der Waals surface area contributed by atoms with Gasteiger partial charge in [0.05, 0.1) is 5.75 Å². The van der Waals surface area contributed by atoms with Crippen molar-refractivity contribution >= 4 is 17.5 Å². The summed E-state index contributed by atoms with van der Waals surface area (Å²) in [5, 5.41) is 9.20. The number of ketones is 1. The molecule has 10 heteroatoms. The molecule has 0 radical (unpaired) electrons. The highest BCUT2D eigenvalue weighted by Gasteiger charge is 2.20. The zero-order chi connectivity index (χ0) is 24.9. The molecule has 0 amide bonds. The fourth-order valence-electron chi connectivity index (χ4n) is 3.83. The lowest BCUT2D eigenvalue weighted by Crippen LogP contribution is -2.07. The second kappa shape index (κ2) is 10.6. The topological polar surface area (TPSA) is 74.8 Å². The number of hydrogen-bond acceptors (Lipinski definition) is 6. The summed E-state index contributed by atoms with van der Waals surface area (Å²) >= 11 is 1.31. The number of ether oxygens (including phenoxy) is 1. The van der Waals surface area contributed by atoms with Crippen LogP contribution in [0.4, 0.5) is 8.78 Å². The smallest absolute Gasteiger partial charge is 0.387 e. The van der Waals surface area contributed by atoms with Gasteiger partial charge >= 0.3 is 6.61 Å². The van der Waals surface area contributed by atoms with Gasteiger partial charge in [0.2, 0.25) is 0 Å². The van der Waals surface area contributed by atoms with E-state index in [0.717, 1.165) is 22.6 Å². The number of Topliss-reactive ketones (excluding diaryl/α,β-unsaturated/α-hetero) is 1. The van der Waals surface area contributed by atoms with Gasteiger partial charge in [0.25, 0.3) is 0 Å². The first-order valence-electron chi connectivity index (χ1n) is 10.7. The maximum atomic E-state index is 13.1. The number of hydrogen-bond donors (Lipinski definition) is 0. The number of pyridine rings is 1. The second-order valence-corrected chi connectivity index (χ2v) is 8.59. The molecule has 3 aromatic heterocycles. The SMILES string of the molecule is C=CCn1c(SCC(=O)c2cc(C)n(-c3ccc(OC(F)F)cc3)c2C)nnc1-c1ccncc1. The fourth-order valence-corrected chi connectivity index (χ4v) is 4.66. The number of rotatable bonds is 10. The average Bonchev–Trinajstić information content (AvgIpc) is 3.38. The van der Waals surface area contributed by atoms with Gasteiger partial charge < -0.3 is 9.30 Å². The van der Waals surface area contributed by atoms with Crippen LogP contribution in [0.2, 0.25) is 0 Å². The van der Waals surface area contributed by atoms with Gasteiger partial charge in [0.15, 0.2) is 16.8 Å². The summed E-state index contributed by atoms with van der Waals surface area (Å²) in [4.78, 5) is 17.2. The van der Waals surface area contributed by atoms with E-state index in [1.54, 1.807) is 30.6 Å². The van der Waals surface area contributed by atoms with Crippen LogP contribution in [0.5, 0.6) is 5.75 Å². The fraction of sp³-hybridized carbons (Fsp3) is 0.200.